The number of nitrogens with zero attached hydrogens (tertiary/aromatic N) is 1. The van der Waals surface area contributed by atoms with Crippen molar-refractivity contribution in [1.29, 1.82) is 0 Å². The normalized spacial score (nSPS) is 15.4. The van der Waals surface area contributed by atoms with E-state index in [1.807, 2.05) is 49.9 Å². The van der Waals surface area contributed by atoms with Gasteiger partial charge in [-0.05, 0) is 60.2 Å². The highest BCUT2D eigenvalue weighted by molar-refractivity contribution is 5.81. The van der Waals surface area contributed by atoms with Gasteiger partial charge in [0, 0.05) is 30.5 Å². The molecule has 2 aromatic carbocycles. The third kappa shape index (κ3) is 4.74. The molecule has 3 aromatic rings. The molecule has 0 unspecified atom stereocenters. The second kappa shape index (κ2) is 9.79. The molecule has 1 amide bonds. The number of benzene rings is 2. The summed E-state index contributed by atoms with van der Waals surface area (Å²) in [6.45, 7) is 6.82. The molecule has 180 valence electrons. The molecule has 1 aromatic heterocycles. The SMILES string of the molecule is COc1cc2c(cc1OC)[C@@H](COc1ccc3c(C)cc(=O)oc3c1)N(C(=O)CC(C)C)CC2. The lowest BCUT2D eigenvalue weighted by Gasteiger charge is -2.38. The van der Waals surface area contributed by atoms with Gasteiger partial charge < -0.3 is 23.5 Å². The number of aryl methyl sites for hydroxylation is 1. The van der Waals surface area contributed by atoms with E-state index >= 15 is 0 Å². The minimum Gasteiger partial charge on any atom is -0.493 e. The summed E-state index contributed by atoms with van der Waals surface area (Å²) in [4.78, 5) is 26.8. The Balaban J connectivity index is 1.68. The van der Waals surface area contributed by atoms with Gasteiger partial charge in [0.15, 0.2) is 11.5 Å². The summed E-state index contributed by atoms with van der Waals surface area (Å²) in [5, 5.41) is 0.862. The van der Waals surface area contributed by atoms with Gasteiger partial charge in [-0.15, -0.1) is 0 Å². The summed E-state index contributed by atoms with van der Waals surface area (Å²) < 4.78 is 22.6. The van der Waals surface area contributed by atoms with E-state index in [-0.39, 0.29) is 24.5 Å². The standard InChI is InChI=1S/C27H31NO6/c1-16(2)10-26(29)28-9-8-18-12-24(31-4)25(32-5)14-21(18)22(28)15-33-19-6-7-20-17(3)11-27(30)34-23(20)13-19/h6-7,11-14,16,22H,8-10,15H2,1-5H3/t22-/m1/s1. The van der Waals surface area contributed by atoms with Crippen molar-refractivity contribution in [2.24, 2.45) is 5.92 Å². The van der Waals surface area contributed by atoms with E-state index in [1.54, 1.807) is 20.3 Å². The summed E-state index contributed by atoms with van der Waals surface area (Å²) in [7, 11) is 3.22. The fourth-order valence-electron chi connectivity index (χ4n) is 4.54. The molecule has 4 rings (SSSR count). The van der Waals surface area contributed by atoms with Crippen molar-refractivity contribution < 1.29 is 23.4 Å². The van der Waals surface area contributed by atoms with E-state index in [9.17, 15) is 9.59 Å². The Hall–Kier alpha value is -3.48. The van der Waals surface area contributed by atoms with Crippen LogP contribution in [-0.2, 0) is 11.2 Å². The van der Waals surface area contributed by atoms with Crippen LogP contribution in [0.5, 0.6) is 17.2 Å². The molecule has 0 saturated heterocycles. The van der Waals surface area contributed by atoms with Crippen molar-refractivity contribution in [1.82, 2.24) is 4.90 Å². The topological polar surface area (TPSA) is 78.2 Å². The van der Waals surface area contributed by atoms with E-state index < -0.39 is 5.63 Å². The van der Waals surface area contributed by atoms with Crippen molar-refractivity contribution >= 4 is 16.9 Å². The number of carbonyl (C=O) groups is 1. The Labute approximate surface area is 199 Å². The highest BCUT2D eigenvalue weighted by atomic mass is 16.5. The first-order valence-electron chi connectivity index (χ1n) is 11.5. The maximum absolute atomic E-state index is 13.1. The second-order valence-corrected chi connectivity index (χ2v) is 9.07. The van der Waals surface area contributed by atoms with Crippen LogP contribution >= 0.6 is 0 Å². The summed E-state index contributed by atoms with van der Waals surface area (Å²) >= 11 is 0. The number of hydrogen-bond acceptors (Lipinski definition) is 6. The van der Waals surface area contributed by atoms with E-state index in [0.29, 0.717) is 35.8 Å². The van der Waals surface area contributed by atoms with Crippen molar-refractivity contribution in [3.8, 4) is 17.2 Å². The first-order chi connectivity index (χ1) is 16.3. The minimum atomic E-state index is -0.394. The molecule has 0 fully saturated rings. The van der Waals surface area contributed by atoms with Gasteiger partial charge >= 0.3 is 5.63 Å². The molecule has 0 radical (unpaired) electrons. The molecule has 1 atom stereocenters. The molecule has 34 heavy (non-hydrogen) atoms. The number of ether oxygens (including phenoxy) is 3. The van der Waals surface area contributed by atoms with Crippen LogP contribution in [0.3, 0.4) is 0 Å². The zero-order chi connectivity index (χ0) is 24.4. The van der Waals surface area contributed by atoms with Crippen LogP contribution < -0.4 is 19.8 Å². The lowest BCUT2D eigenvalue weighted by Crippen LogP contribution is -2.43. The second-order valence-electron chi connectivity index (χ2n) is 9.07. The molecule has 0 saturated carbocycles. The lowest BCUT2D eigenvalue weighted by atomic mass is 9.91. The average molecular weight is 466 g/mol. The van der Waals surface area contributed by atoms with Crippen molar-refractivity contribution in [3.63, 3.8) is 0 Å². The molecule has 0 bridgehead atoms. The van der Waals surface area contributed by atoms with Crippen LogP contribution in [0.1, 0.15) is 43.0 Å². The van der Waals surface area contributed by atoms with Crippen LogP contribution in [0.15, 0.2) is 45.6 Å². The van der Waals surface area contributed by atoms with Crippen LogP contribution in [0.25, 0.3) is 11.0 Å². The molecule has 0 N–H and O–H groups in total. The summed E-state index contributed by atoms with van der Waals surface area (Å²) in [6, 6.07) is 10.6. The molecule has 1 aliphatic rings. The summed E-state index contributed by atoms with van der Waals surface area (Å²) in [6.07, 6.45) is 1.20. The van der Waals surface area contributed by atoms with Gasteiger partial charge in [0.2, 0.25) is 5.91 Å². The highest BCUT2D eigenvalue weighted by Gasteiger charge is 2.33. The van der Waals surface area contributed by atoms with Gasteiger partial charge in [0.25, 0.3) is 0 Å². The maximum Gasteiger partial charge on any atom is 0.336 e. The molecule has 7 nitrogen and oxygen atoms in total. The zero-order valence-corrected chi connectivity index (χ0v) is 20.3. The van der Waals surface area contributed by atoms with Gasteiger partial charge in [0.1, 0.15) is 17.9 Å². The van der Waals surface area contributed by atoms with Crippen molar-refractivity contribution in [2.45, 2.75) is 39.7 Å². The van der Waals surface area contributed by atoms with E-state index in [2.05, 4.69) is 0 Å². The first-order valence-corrected chi connectivity index (χ1v) is 11.5. The number of rotatable bonds is 7. The van der Waals surface area contributed by atoms with Crippen LogP contribution in [0.2, 0.25) is 0 Å². The molecule has 2 heterocycles. The predicted octanol–water partition coefficient (Wildman–Crippen LogP) is 4.67. The Morgan fingerprint density at radius 2 is 1.85 bits per heavy atom. The number of fused-ring (bicyclic) bond motifs is 2. The Morgan fingerprint density at radius 3 is 2.56 bits per heavy atom. The predicted molar refractivity (Wildman–Crippen MR) is 130 cm³/mol. The van der Waals surface area contributed by atoms with E-state index in [1.165, 1.54) is 6.07 Å². The lowest BCUT2D eigenvalue weighted by molar-refractivity contribution is -0.135. The first kappa shape index (κ1) is 23.7. The fourth-order valence-corrected chi connectivity index (χ4v) is 4.54. The van der Waals surface area contributed by atoms with Gasteiger partial charge in [-0.3, -0.25) is 4.79 Å². The number of hydrogen-bond donors (Lipinski definition) is 0. The number of amides is 1. The maximum atomic E-state index is 13.1. The Kier molecular flexibility index (Phi) is 6.82. The smallest absolute Gasteiger partial charge is 0.336 e. The quantitative estimate of drug-likeness (QED) is 0.472. The van der Waals surface area contributed by atoms with Gasteiger partial charge in [0.05, 0.1) is 20.3 Å². The zero-order valence-electron chi connectivity index (χ0n) is 20.3. The van der Waals surface area contributed by atoms with E-state index in [4.69, 9.17) is 18.6 Å². The van der Waals surface area contributed by atoms with Gasteiger partial charge in [-0.1, -0.05) is 13.8 Å². The molecule has 7 heteroatoms. The van der Waals surface area contributed by atoms with Crippen LogP contribution in [0.4, 0.5) is 0 Å². The van der Waals surface area contributed by atoms with Gasteiger partial charge in [-0.2, -0.15) is 0 Å². The van der Waals surface area contributed by atoms with E-state index in [0.717, 1.165) is 28.5 Å². The third-order valence-electron chi connectivity index (χ3n) is 6.24. The fraction of sp³-hybridized carbons (Fsp3) is 0.407. The molecule has 0 aliphatic carbocycles. The molecular weight excluding hydrogens is 434 g/mol. The van der Waals surface area contributed by atoms with Gasteiger partial charge in [-0.25, -0.2) is 4.79 Å². The largest absolute Gasteiger partial charge is 0.493 e. The van der Waals surface area contributed by atoms with Crippen molar-refractivity contribution in [3.05, 3.63) is 63.5 Å². The summed E-state index contributed by atoms with van der Waals surface area (Å²) in [5.74, 6) is 2.22. The van der Waals surface area contributed by atoms with Crippen LogP contribution in [-0.4, -0.2) is 38.2 Å². The minimum absolute atomic E-state index is 0.101. The monoisotopic (exact) mass is 465 g/mol. The Morgan fingerprint density at radius 1 is 1.12 bits per heavy atom. The number of methoxy groups -OCH3 is 2. The molecule has 1 aliphatic heterocycles. The molecular formula is C27H31NO6. The number of carbonyl (C=O) groups excluding carboxylic acids is 1. The summed E-state index contributed by atoms with van der Waals surface area (Å²) in [5.41, 5.74) is 3.04. The highest BCUT2D eigenvalue weighted by Crippen LogP contribution is 2.39. The third-order valence-corrected chi connectivity index (χ3v) is 6.24. The van der Waals surface area contributed by atoms with Crippen molar-refractivity contribution in [2.75, 3.05) is 27.4 Å². The average Bonchev–Trinajstić information content (AvgIpc) is 2.80. The Bertz CT molecular complexity index is 1260. The van der Waals surface area contributed by atoms with Crippen LogP contribution in [0, 0.1) is 12.8 Å². The molecule has 0 spiro atoms.